The monoisotopic (exact) mass is 312 g/mol. The van der Waals surface area contributed by atoms with Crippen LogP contribution in [0.3, 0.4) is 0 Å². The van der Waals surface area contributed by atoms with E-state index in [1.807, 2.05) is 0 Å². The van der Waals surface area contributed by atoms with Crippen molar-refractivity contribution in [3.63, 3.8) is 0 Å². The molecule has 1 rings (SSSR count). The first-order valence-electron chi connectivity index (χ1n) is 9.37. The highest BCUT2D eigenvalue weighted by molar-refractivity contribution is 4.95. The Morgan fingerprint density at radius 1 is 1.09 bits per heavy atom. The summed E-state index contributed by atoms with van der Waals surface area (Å²) in [4.78, 5) is 0. The standard InChI is InChI=1S/C10H21N.C10H23N/c1-8-6-9(2,3)11-10(4,5)7-8;1-6-9(3)8-10(4,5)11-7-2/h8,11H,6-7H2,1-5H3;9,11H,6-8H2,1-5H3. The molecule has 22 heavy (non-hydrogen) atoms. The van der Waals surface area contributed by atoms with E-state index in [0.29, 0.717) is 16.6 Å². The minimum absolute atomic E-state index is 0.324. The summed E-state index contributed by atoms with van der Waals surface area (Å²) in [5.41, 5.74) is 0.993. The van der Waals surface area contributed by atoms with Gasteiger partial charge >= 0.3 is 0 Å². The zero-order chi connectivity index (χ0) is 17.6. The van der Waals surface area contributed by atoms with Gasteiger partial charge in [0, 0.05) is 16.6 Å². The van der Waals surface area contributed by atoms with Crippen molar-refractivity contribution < 1.29 is 0 Å². The third-order valence-electron chi connectivity index (χ3n) is 4.61. The van der Waals surface area contributed by atoms with Crippen LogP contribution in [0.25, 0.3) is 0 Å². The predicted octanol–water partition coefficient (Wildman–Crippen LogP) is 5.37. The highest BCUT2D eigenvalue weighted by atomic mass is 15.0. The topological polar surface area (TPSA) is 24.1 Å². The number of hydrogen-bond acceptors (Lipinski definition) is 2. The molecular formula is C20H44N2. The second kappa shape index (κ2) is 8.68. The largest absolute Gasteiger partial charge is 0.312 e. The van der Waals surface area contributed by atoms with Crippen molar-refractivity contribution in [3.8, 4) is 0 Å². The second-order valence-electron chi connectivity index (χ2n) is 9.54. The minimum atomic E-state index is 0.324. The second-order valence-corrected chi connectivity index (χ2v) is 9.54. The van der Waals surface area contributed by atoms with E-state index in [1.54, 1.807) is 0 Å². The van der Waals surface area contributed by atoms with Crippen LogP contribution in [-0.2, 0) is 0 Å². The van der Waals surface area contributed by atoms with Gasteiger partial charge in [0.05, 0.1) is 0 Å². The third-order valence-corrected chi connectivity index (χ3v) is 4.61. The molecule has 0 aliphatic carbocycles. The molecule has 0 aromatic rings. The van der Waals surface area contributed by atoms with Gasteiger partial charge in [-0.15, -0.1) is 0 Å². The van der Waals surface area contributed by atoms with Crippen molar-refractivity contribution in [3.05, 3.63) is 0 Å². The lowest BCUT2D eigenvalue weighted by Crippen LogP contribution is -2.57. The highest BCUT2D eigenvalue weighted by Gasteiger charge is 2.35. The molecule has 0 spiro atoms. The highest BCUT2D eigenvalue weighted by Crippen LogP contribution is 2.31. The maximum Gasteiger partial charge on any atom is 0.0132 e. The smallest absolute Gasteiger partial charge is 0.0132 e. The van der Waals surface area contributed by atoms with E-state index in [0.717, 1.165) is 18.4 Å². The SMILES string of the molecule is CC1CC(C)(C)NC(C)(C)C1.CCNC(C)(C)CC(C)CC. The molecular weight excluding hydrogens is 268 g/mol. The summed E-state index contributed by atoms with van der Waals surface area (Å²) in [7, 11) is 0. The van der Waals surface area contributed by atoms with Crippen molar-refractivity contribution >= 4 is 0 Å². The fourth-order valence-electron chi connectivity index (χ4n) is 4.40. The van der Waals surface area contributed by atoms with Crippen LogP contribution in [-0.4, -0.2) is 23.2 Å². The lowest BCUT2D eigenvalue weighted by atomic mass is 9.77. The van der Waals surface area contributed by atoms with Crippen molar-refractivity contribution in [2.75, 3.05) is 6.54 Å². The first-order valence-corrected chi connectivity index (χ1v) is 9.37. The molecule has 1 atom stereocenters. The summed E-state index contributed by atoms with van der Waals surface area (Å²) in [6, 6.07) is 0. The maximum atomic E-state index is 3.66. The first-order chi connectivity index (χ1) is 9.82. The van der Waals surface area contributed by atoms with Gasteiger partial charge in [-0.25, -0.2) is 0 Å². The molecule has 1 unspecified atom stereocenters. The van der Waals surface area contributed by atoms with E-state index in [-0.39, 0.29) is 0 Å². The Labute approximate surface area is 141 Å². The molecule has 134 valence electrons. The van der Waals surface area contributed by atoms with Gasteiger partial charge in [-0.05, 0) is 79.2 Å². The molecule has 2 N–H and O–H groups in total. The summed E-state index contributed by atoms with van der Waals surface area (Å²) in [5.74, 6) is 1.70. The Kier molecular flexibility index (Phi) is 8.65. The zero-order valence-electron chi connectivity index (χ0n) is 17.2. The average molecular weight is 313 g/mol. The van der Waals surface area contributed by atoms with E-state index < -0.39 is 0 Å². The molecule has 0 aromatic heterocycles. The molecule has 2 nitrogen and oxygen atoms in total. The molecule has 0 radical (unpaired) electrons. The molecule has 1 saturated heterocycles. The van der Waals surface area contributed by atoms with E-state index in [4.69, 9.17) is 0 Å². The molecule has 1 fully saturated rings. The van der Waals surface area contributed by atoms with Gasteiger partial charge in [-0.3, -0.25) is 0 Å². The lowest BCUT2D eigenvalue weighted by Gasteiger charge is -2.45. The van der Waals surface area contributed by atoms with Crippen molar-refractivity contribution in [1.82, 2.24) is 10.6 Å². The zero-order valence-corrected chi connectivity index (χ0v) is 17.2. The Hall–Kier alpha value is -0.0800. The van der Waals surface area contributed by atoms with E-state index >= 15 is 0 Å². The molecule has 0 saturated carbocycles. The van der Waals surface area contributed by atoms with Gasteiger partial charge < -0.3 is 10.6 Å². The molecule has 2 heteroatoms. The normalized spacial score (nSPS) is 22.6. The Morgan fingerprint density at radius 3 is 1.86 bits per heavy atom. The molecule has 0 aromatic carbocycles. The quantitative estimate of drug-likeness (QED) is 0.712. The summed E-state index contributed by atoms with van der Waals surface area (Å²) in [5, 5.41) is 7.15. The molecule has 0 bridgehead atoms. The van der Waals surface area contributed by atoms with Gasteiger partial charge in [0.1, 0.15) is 0 Å². The van der Waals surface area contributed by atoms with E-state index in [2.05, 4.69) is 79.9 Å². The summed E-state index contributed by atoms with van der Waals surface area (Å²) in [6.07, 6.45) is 5.17. The van der Waals surface area contributed by atoms with Crippen LogP contribution in [0.1, 0.15) is 94.9 Å². The van der Waals surface area contributed by atoms with Crippen LogP contribution < -0.4 is 10.6 Å². The van der Waals surface area contributed by atoms with Crippen LogP contribution in [0, 0.1) is 11.8 Å². The fourth-order valence-corrected chi connectivity index (χ4v) is 4.40. The number of piperidine rings is 1. The van der Waals surface area contributed by atoms with Gasteiger partial charge in [0.25, 0.3) is 0 Å². The molecule has 1 heterocycles. The van der Waals surface area contributed by atoms with E-state index in [1.165, 1.54) is 25.7 Å². The lowest BCUT2D eigenvalue weighted by molar-refractivity contribution is 0.138. The number of hydrogen-bond donors (Lipinski definition) is 2. The number of nitrogens with one attached hydrogen (secondary N) is 2. The third kappa shape index (κ3) is 9.84. The van der Waals surface area contributed by atoms with Crippen LogP contribution in [0.4, 0.5) is 0 Å². The first kappa shape index (κ1) is 21.9. The van der Waals surface area contributed by atoms with Gasteiger partial charge in [0.15, 0.2) is 0 Å². The van der Waals surface area contributed by atoms with Crippen molar-refractivity contribution in [2.45, 2.75) is 112 Å². The predicted molar refractivity (Wildman–Crippen MR) is 102 cm³/mol. The fraction of sp³-hybridized carbons (Fsp3) is 1.00. The molecule has 1 aliphatic rings. The summed E-state index contributed by atoms with van der Waals surface area (Å²) >= 11 is 0. The molecule has 1 aliphatic heterocycles. The van der Waals surface area contributed by atoms with Crippen molar-refractivity contribution in [2.24, 2.45) is 11.8 Å². The molecule has 0 amide bonds. The van der Waals surface area contributed by atoms with Crippen LogP contribution in [0.5, 0.6) is 0 Å². The van der Waals surface area contributed by atoms with Crippen LogP contribution in [0.15, 0.2) is 0 Å². The Balaban J connectivity index is 0.000000401. The Bertz CT molecular complexity index is 289. The maximum absolute atomic E-state index is 3.66. The van der Waals surface area contributed by atoms with E-state index in [9.17, 15) is 0 Å². The summed E-state index contributed by atoms with van der Waals surface area (Å²) < 4.78 is 0. The minimum Gasteiger partial charge on any atom is -0.312 e. The van der Waals surface area contributed by atoms with Gasteiger partial charge in [0.2, 0.25) is 0 Å². The van der Waals surface area contributed by atoms with Crippen LogP contribution in [0.2, 0.25) is 0 Å². The summed E-state index contributed by atoms with van der Waals surface area (Å²) in [6.45, 7) is 23.9. The van der Waals surface area contributed by atoms with Crippen LogP contribution >= 0.6 is 0 Å². The van der Waals surface area contributed by atoms with Crippen molar-refractivity contribution in [1.29, 1.82) is 0 Å². The Morgan fingerprint density at radius 2 is 1.55 bits per heavy atom. The van der Waals surface area contributed by atoms with Gasteiger partial charge in [-0.1, -0.05) is 34.1 Å². The van der Waals surface area contributed by atoms with Gasteiger partial charge in [-0.2, -0.15) is 0 Å². The number of rotatable bonds is 5. The average Bonchev–Trinajstić information content (AvgIpc) is 2.23.